The second kappa shape index (κ2) is 15.3. The molecule has 3 N–H and O–H groups in total. The predicted molar refractivity (Wildman–Crippen MR) is 205 cm³/mol. The molecular formula is C42H51N7O5. The number of amides is 3. The van der Waals surface area contributed by atoms with Gasteiger partial charge in [-0.1, -0.05) is 58.6 Å². The Kier molecular flexibility index (Phi) is 10.5. The van der Waals surface area contributed by atoms with E-state index in [1.165, 1.54) is 7.11 Å². The van der Waals surface area contributed by atoms with Gasteiger partial charge in [-0.15, -0.1) is 0 Å². The minimum Gasteiger partial charge on any atom is -0.453 e. The molecule has 0 unspecified atom stereocenters. The summed E-state index contributed by atoms with van der Waals surface area (Å²) in [5, 5.41) is 2.74. The van der Waals surface area contributed by atoms with E-state index in [-0.39, 0.29) is 41.1 Å². The van der Waals surface area contributed by atoms with E-state index in [9.17, 15) is 14.4 Å². The number of hydrogen-bond donors (Lipinski definition) is 3. The van der Waals surface area contributed by atoms with Crippen molar-refractivity contribution in [1.82, 2.24) is 35.1 Å². The van der Waals surface area contributed by atoms with Gasteiger partial charge in [0.25, 0.3) is 0 Å². The lowest BCUT2D eigenvalue weighted by Gasteiger charge is -2.30. The summed E-state index contributed by atoms with van der Waals surface area (Å²) in [7, 11) is 1.30. The number of methoxy groups -OCH3 is 1. The van der Waals surface area contributed by atoms with Crippen molar-refractivity contribution in [2.24, 2.45) is 23.2 Å². The summed E-state index contributed by atoms with van der Waals surface area (Å²) in [5.41, 5.74) is 5.11. The molecule has 0 bridgehead atoms. The van der Waals surface area contributed by atoms with Crippen molar-refractivity contribution in [3.8, 4) is 23.1 Å². The first-order valence-corrected chi connectivity index (χ1v) is 19.2. The topological polar surface area (TPSA) is 146 Å². The molecule has 0 aliphatic carbocycles. The van der Waals surface area contributed by atoms with Gasteiger partial charge in [0.2, 0.25) is 11.8 Å². The summed E-state index contributed by atoms with van der Waals surface area (Å²) in [6, 6.07) is 12.9. The molecule has 3 saturated heterocycles. The summed E-state index contributed by atoms with van der Waals surface area (Å²) in [5.74, 6) is 8.32. The fourth-order valence-corrected chi connectivity index (χ4v) is 8.00. The number of rotatable bonds is 8. The highest BCUT2D eigenvalue weighted by Crippen LogP contribution is 2.48. The highest BCUT2D eigenvalue weighted by molar-refractivity contribution is 5.87. The number of carbonyl (C=O) groups is 3. The van der Waals surface area contributed by atoms with Crippen LogP contribution in [0, 0.1) is 35.0 Å². The van der Waals surface area contributed by atoms with E-state index >= 15 is 0 Å². The summed E-state index contributed by atoms with van der Waals surface area (Å²) in [6.45, 7) is 12.6. The lowest BCUT2D eigenvalue weighted by Crippen LogP contribution is -2.51. The van der Waals surface area contributed by atoms with Crippen molar-refractivity contribution in [3.63, 3.8) is 0 Å². The summed E-state index contributed by atoms with van der Waals surface area (Å²) < 4.78 is 10.6. The molecule has 3 aliphatic heterocycles. The van der Waals surface area contributed by atoms with Crippen molar-refractivity contribution in [1.29, 1.82) is 0 Å². The van der Waals surface area contributed by atoms with E-state index in [1.54, 1.807) is 0 Å². The molecule has 54 heavy (non-hydrogen) atoms. The van der Waals surface area contributed by atoms with Gasteiger partial charge in [-0.05, 0) is 73.4 Å². The van der Waals surface area contributed by atoms with E-state index in [2.05, 4.69) is 41.0 Å². The van der Waals surface area contributed by atoms with Crippen LogP contribution in [0.15, 0.2) is 48.7 Å². The minimum absolute atomic E-state index is 0.0188. The number of fused-ring (bicyclic) bond motifs is 1. The number of nitrogens with zero attached hydrogens (tertiary/aromatic N) is 4. The zero-order valence-electron chi connectivity index (χ0n) is 32.1. The number of hydrogen-bond acceptors (Lipinski definition) is 7. The summed E-state index contributed by atoms with van der Waals surface area (Å²) >= 11 is 0. The van der Waals surface area contributed by atoms with Gasteiger partial charge in [0.05, 0.1) is 48.7 Å². The molecule has 3 fully saturated rings. The van der Waals surface area contributed by atoms with Gasteiger partial charge in [-0.3, -0.25) is 9.59 Å². The lowest BCUT2D eigenvalue weighted by molar-refractivity contribution is -0.137. The van der Waals surface area contributed by atoms with Crippen LogP contribution >= 0.6 is 0 Å². The molecule has 284 valence electrons. The number of ether oxygens (including phenoxy) is 2. The quantitative estimate of drug-likeness (QED) is 0.179. The Labute approximate surface area is 316 Å². The van der Waals surface area contributed by atoms with E-state index in [1.807, 2.05) is 79.2 Å². The molecule has 3 amide bonds. The molecule has 2 aromatic carbocycles. The monoisotopic (exact) mass is 733 g/mol. The summed E-state index contributed by atoms with van der Waals surface area (Å²) in [6.07, 6.45) is 4.70. The third-order valence-corrected chi connectivity index (χ3v) is 11.6. The number of imidazole rings is 2. The highest BCUT2D eigenvalue weighted by Gasteiger charge is 2.51. The van der Waals surface area contributed by atoms with Gasteiger partial charge >= 0.3 is 6.09 Å². The van der Waals surface area contributed by atoms with Crippen LogP contribution in [0.25, 0.3) is 22.3 Å². The average molecular weight is 734 g/mol. The molecular weight excluding hydrogens is 683 g/mol. The Morgan fingerprint density at radius 2 is 1.70 bits per heavy atom. The van der Waals surface area contributed by atoms with Crippen LogP contribution in [0.2, 0.25) is 0 Å². The SMILES string of the molecule is COC(=O)N[C@H](C(=O)N1C[C@@]2(CCOC2)C[C@H]1c1nc2ccc(C#Cc3ccc(-c4cnc([C@@H]5CCCN5C(=O)[C@@H](C)C(C)C)[nH]4)cc3)cc2[nH]1)C(C)C. The molecule has 2 aromatic heterocycles. The van der Waals surface area contributed by atoms with Gasteiger partial charge in [-0.2, -0.15) is 0 Å². The van der Waals surface area contributed by atoms with Crippen LogP contribution in [-0.2, 0) is 19.1 Å². The van der Waals surface area contributed by atoms with Gasteiger partial charge in [0, 0.05) is 42.2 Å². The van der Waals surface area contributed by atoms with E-state index in [0.29, 0.717) is 31.5 Å². The third kappa shape index (κ3) is 7.47. The molecule has 7 rings (SSSR count). The number of benzene rings is 2. The normalized spacial score (nSPS) is 22.2. The van der Waals surface area contributed by atoms with E-state index in [4.69, 9.17) is 19.4 Å². The molecule has 3 aliphatic rings. The maximum Gasteiger partial charge on any atom is 0.407 e. The number of alkyl carbamates (subject to hydrolysis) is 1. The predicted octanol–water partition coefficient (Wildman–Crippen LogP) is 6.37. The van der Waals surface area contributed by atoms with Crippen molar-refractivity contribution >= 4 is 28.9 Å². The van der Waals surface area contributed by atoms with Crippen molar-refractivity contribution < 1.29 is 23.9 Å². The molecule has 0 saturated carbocycles. The second-order valence-corrected chi connectivity index (χ2v) is 15.9. The molecule has 4 aromatic rings. The van der Waals surface area contributed by atoms with Crippen LogP contribution in [0.3, 0.4) is 0 Å². The van der Waals surface area contributed by atoms with Gasteiger partial charge < -0.3 is 34.6 Å². The van der Waals surface area contributed by atoms with Gasteiger partial charge in [0.15, 0.2) is 0 Å². The molecule has 5 heterocycles. The van der Waals surface area contributed by atoms with Gasteiger partial charge in [0.1, 0.15) is 17.7 Å². The first kappa shape index (κ1) is 37.2. The fraction of sp³-hybridized carbons (Fsp3) is 0.500. The maximum atomic E-state index is 14.0. The zero-order chi connectivity index (χ0) is 38.1. The molecule has 12 heteroatoms. The van der Waals surface area contributed by atoms with Crippen LogP contribution in [0.5, 0.6) is 0 Å². The van der Waals surface area contributed by atoms with Crippen LogP contribution in [-0.4, -0.2) is 87.1 Å². The molecule has 12 nitrogen and oxygen atoms in total. The molecule has 0 radical (unpaired) electrons. The zero-order valence-corrected chi connectivity index (χ0v) is 32.1. The largest absolute Gasteiger partial charge is 0.453 e. The molecule has 5 atom stereocenters. The number of nitrogens with one attached hydrogen (secondary N) is 3. The molecule has 1 spiro atoms. The van der Waals surface area contributed by atoms with Gasteiger partial charge in [-0.25, -0.2) is 14.8 Å². The van der Waals surface area contributed by atoms with Crippen LogP contribution in [0.4, 0.5) is 4.79 Å². The standard InChI is InChI=1S/C42H51N7O5/c1-25(2)27(5)39(50)48-18-7-8-34(48)37-43-22-33(46-37)30-14-11-28(12-15-30)9-10-29-13-16-31-32(20-29)45-38(44-31)35-21-42(17-19-54-24-42)23-49(35)40(51)36(26(3)4)47-41(52)53-6/h11-16,20,22,25-27,34-36H,7-8,17-19,21,23-24H2,1-6H3,(H,43,46)(H,44,45)(H,47,52)/t27-,34-,35-,36-,42+/m0/s1. The maximum absolute atomic E-state index is 14.0. The number of aromatic nitrogens is 4. The van der Waals surface area contributed by atoms with Crippen LogP contribution < -0.4 is 5.32 Å². The number of aromatic amines is 2. The van der Waals surface area contributed by atoms with Crippen molar-refractivity contribution in [2.45, 2.75) is 78.4 Å². The first-order valence-electron chi connectivity index (χ1n) is 19.2. The third-order valence-electron chi connectivity index (χ3n) is 11.6. The average Bonchev–Trinajstić information content (AvgIpc) is 4.02. The second-order valence-electron chi connectivity index (χ2n) is 15.9. The fourth-order valence-electron chi connectivity index (χ4n) is 8.00. The van der Waals surface area contributed by atoms with Crippen molar-refractivity contribution in [3.05, 3.63) is 71.4 Å². The Balaban J connectivity index is 1.06. The van der Waals surface area contributed by atoms with Crippen molar-refractivity contribution in [2.75, 3.05) is 33.4 Å². The van der Waals surface area contributed by atoms with E-state index in [0.717, 1.165) is 71.5 Å². The first-order chi connectivity index (χ1) is 25.9. The Hall–Kier alpha value is -5.15. The van der Waals surface area contributed by atoms with E-state index < -0.39 is 12.1 Å². The Morgan fingerprint density at radius 1 is 0.944 bits per heavy atom. The summed E-state index contributed by atoms with van der Waals surface area (Å²) in [4.78, 5) is 59.8. The Bertz CT molecular complexity index is 2070. The number of carbonyl (C=O) groups excluding carboxylic acids is 3. The van der Waals surface area contributed by atoms with Crippen LogP contribution in [0.1, 0.15) is 95.2 Å². The highest BCUT2D eigenvalue weighted by atomic mass is 16.5. The smallest absolute Gasteiger partial charge is 0.407 e. The lowest BCUT2D eigenvalue weighted by atomic mass is 9.85. The number of H-pyrrole nitrogens is 2. The Morgan fingerprint density at radius 3 is 2.41 bits per heavy atom. The minimum atomic E-state index is -0.729. The number of likely N-dealkylation sites (tertiary alicyclic amines) is 2.